The quantitative estimate of drug-likeness (QED) is 0.574. The van der Waals surface area contributed by atoms with Gasteiger partial charge in [0, 0.05) is 26.2 Å². The highest BCUT2D eigenvalue weighted by Crippen LogP contribution is 2.40. The molecule has 2 saturated heterocycles. The maximum atomic E-state index is 2.59. The van der Waals surface area contributed by atoms with Crippen molar-refractivity contribution in [2.24, 2.45) is 11.3 Å². The molecule has 0 aromatic carbocycles. The highest BCUT2D eigenvalue weighted by atomic mass is 15.2. The highest BCUT2D eigenvalue weighted by Gasteiger charge is 2.47. The summed E-state index contributed by atoms with van der Waals surface area (Å²) in [6.07, 6.45) is 0. The highest BCUT2D eigenvalue weighted by molar-refractivity contribution is 5.00. The van der Waals surface area contributed by atoms with Gasteiger partial charge in [0.05, 0.1) is 0 Å². The minimum absolute atomic E-state index is 0.602. The topological polar surface area (TPSA) is 6.48 Å². The summed E-state index contributed by atoms with van der Waals surface area (Å²) in [6.45, 7) is 11.2. The Hall–Kier alpha value is -0.0800. The summed E-state index contributed by atoms with van der Waals surface area (Å²) in [5.41, 5.74) is 0.602. The third kappa shape index (κ3) is 1.17. The SMILES string of the molecule is CCN1CC2CN(C)CC2(C)C1. The molecule has 0 aromatic rings. The van der Waals surface area contributed by atoms with Crippen LogP contribution in [0.4, 0.5) is 0 Å². The summed E-state index contributed by atoms with van der Waals surface area (Å²) < 4.78 is 0. The van der Waals surface area contributed by atoms with Crippen LogP contribution in [-0.2, 0) is 0 Å². The van der Waals surface area contributed by atoms with Crippen LogP contribution in [0.15, 0.2) is 0 Å². The Morgan fingerprint density at radius 1 is 1.33 bits per heavy atom. The first-order valence-electron chi connectivity index (χ1n) is 5.05. The smallest absolute Gasteiger partial charge is 0.00512 e. The minimum Gasteiger partial charge on any atom is -0.305 e. The number of rotatable bonds is 1. The van der Waals surface area contributed by atoms with Gasteiger partial charge in [0.25, 0.3) is 0 Å². The molecule has 2 rings (SSSR count). The summed E-state index contributed by atoms with van der Waals surface area (Å²) in [4.78, 5) is 5.08. The zero-order chi connectivity index (χ0) is 8.77. The lowest BCUT2D eigenvalue weighted by atomic mass is 9.83. The van der Waals surface area contributed by atoms with Crippen molar-refractivity contribution in [1.29, 1.82) is 0 Å². The van der Waals surface area contributed by atoms with Crippen LogP contribution in [0.25, 0.3) is 0 Å². The summed E-state index contributed by atoms with van der Waals surface area (Å²) in [5, 5.41) is 0. The van der Waals surface area contributed by atoms with Crippen molar-refractivity contribution in [1.82, 2.24) is 9.80 Å². The molecule has 0 amide bonds. The second kappa shape index (κ2) is 2.71. The van der Waals surface area contributed by atoms with Gasteiger partial charge in [-0.1, -0.05) is 13.8 Å². The molecule has 0 aromatic heterocycles. The van der Waals surface area contributed by atoms with E-state index in [-0.39, 0.29) is 0 Å². The summed E-state index contributed by atoms with van der Waals surface area (Å²) in [6, 6.07) is 0. The van der Waals surface area contributed by atoms with E-state index in [2.05, 4.69) is 30.7 Å². The van der Waals surface area contributed by atoms with Gasteiger partial charge in [-0.25, -0.2) is 0 Å². The molecule has 0 aliphatic carbocycles. The molecular weight excluding hydrogens is 148 g/mol. The van der Waals surface area contributed by atoms with Gasteiger partial charge in [-0.2, -0.15) is 0 Å². The van der Waals surface area contributed by atoms with Crippen LogP contribution >= 0.6 is 0 Å². The van der Waals surface area contributed by atoms with E-state index in [1.165, 1.54) is 32.7 Å². The molecule has 2 atom stereocenters. The molecule has 0 radical (unpaired) electrons. The van der Waals surface area contributed by atoms with Gasteiger partial charge in [0.15, 0.2) is 0 Å². The van der Waals surface area contributed by atoms with Crippen LogP contribution in [0.5, 0.6) is 0 Å². The van der Waals surface area contributed by atoms with Gasteiger partial charge in [0.1, 0.15) is 0 Å². The number of hydrogen-bond donors (Lipinski definition) is 0. The zero-order valence-electron chi connectivity index (χ0n) is 8.51. The van der Waals surface area contributed by atoms with E-state index >= 15 is 0 Å². The van der Waals surface area contributed by atoms with Crippen molar-refractivity contribution < 1.29 is 0 Å². The van der Waals surface area contributed by atoms with Crippen molar-refractivity contribution >= 4 is 0 Å². The summed E-state index contributed by atoms with van der Waals surface area (Å²) >= 11 is 0. The third-order valence-corrected chi connectivity index (χ3v) is 3.66. The molecule has 2 aliphatic heterocycles. The molecule has 12 heavy (non-hydrogen) atoms. The first-order valence-corrected chi connectivity index (χ1v) is 5.05. The Kier molecular flexibility index (Phi) is 1.92. The summed E-state index contributed by atoms with van der Waals surface area (Å²) in [7, 11) is 2.25. The Labute approximate surface area is 75.5 Å². The standard InChI is InChI=1S/C10H20N2/c1-4-12-6-9-5-11(3)7-10(9,2)8-12/h9H,4-8H2,1-3H3. The second-order valence-corrected chi connectivity index (χ2v) is 4.88. The van der Waals surface area contributed by atoms with E-state index in [1.807, 2.05) is 0 Å². The van der Waals surface area contributed by atoms with Crippen LogP contribution in [-0.4, -0.2) is 49.6 Å². The fourth-order valence-corrected chi connectivity index (χ4v) is 2.99. The van der Waals surface area contributed by atoms with E-state index in [4.69, 9.17) is 0 Å². The Morgan fingerprint density at radius 3 is 2.67 bits per heavy atom. The lowest BCUT2D eigenvalue weighted by molar-refractivity contribution is 0.251. The molecule has 2 fully saturated rings. The van der Waals surface area contributed by atoms with Gasteiger partial charge >= 0.3 is 0 Å². The number of fused-ring (bicyclic) bond motifs is 1. The molecule has 0 saturated carbocycles. The largest absolute Gasteiger partial charge is 0.305 e. The van der Waals surface area contributed by atoms with Crippen molar-refractivity contribution in [3.8, 4) is 0 Å². The molecule has 0 spiro atoms. The van der Waals surface area contributed by atoms with Gasteiger partial charge < -0.3 is 9.80 Å². The van der Waals surface area contributed by atoms with E-state index in [1.54, 1.807) is 0 Å². The van der Waals surface area contributed by atoms with Crippen molar-refractivity contribution in [3.63, 3.8) is 0 Å². The molecule has 70 valence electrons. The minimum atomic E-state index is 0.602. The van der Waals surface area contributed by atoms with Crippen LogP contribution in [0.2, 0.25) is 0 Å². The van der Waals surface area contributed by atoms with Crippen LogP contribution < -0.4 is 0 Å². The molecule has 0 bridgehead atoms. The predicted molar refractivity (Wildman–Crippen MR) is 51.2 cm³/mol. The third-order valence-electron chi connectivity index (χ3n) is 3.66. The van der Waals surface area contributed by atoms with Gasteiger partial charge in [-0.15, -0.1) is 0 Å². The van der Waals surface area contributed by atoms with E-state index in [0.29, 0.717) is 5.41 Å². The molecule has 2 heterocycles. The number of likely N-dealkylation sites (tertiary alicyclic amines) is 2. The lowest BCUT2D eigenvalue weighted by Crippen LogP contribution is -2.30. The molecule has 0 N–H and O–H groups in total. The van der Waals surface area contributed by atoms with Gasteiger partial charge in [0.2, 0.25) is 0 Å². The monoisotopic (exact) mass is 168 g/mol. The number of nitrogens with zero attached hydrogens (tertiary/aromatic N) is 2. The van der Waals surface area contributed by atoms with Crippen molar-refractivity contribution in [2.45, 2.75) is 13.8 Å². The van der Waals surface area contributed by atoms with Crippen molar-refractivity contribution in [3.05, 3.63) is 0 Å². The Morgan fingerprint density at radius 2 is 2.08 bits per heavy atom. The predicted octanol–water partition coefficient (Wildman–Crippen LogP) is 0.890. The average molecular weight is 168 g/mol. The van der Waals surface area contributed by atoms with Crippen LogP contribution in [0, 0.1) is 11.3 Å². The lowest BCUT2D eigenvalue weighted by Gasteiger charge is -2.23. The first-order chi connectivity index (χ1) is 5.64. The van der Waals surface area contributed by atoms with Gasteiger partial charge in [-0.3, -0.25) is 0 Å². The molecule has 2 unspecified atom stereocenters. The van der Waals surface area contributed by atoms with E-state index in [0.717, 1.165) is 5.92 Å². The maximum absolute atomic E-state index is 2.59. The fraction of sp³-hybridized carbons (Fsp3) is 1.00. The normalized spacial score (nSPS) is 43.8. The molecule has 2 aliphatic rings. The van der Waals surface area contributed by atoms with Gasteiger partial charge in [-0.05, 0) is 24.9 Å². The first kappa shape index (κ1) is 8.52. The average Bonchev–Trinajstić information content (AvgIpc) is 2.38. The van der Waals surface area contributed by atoms with E-state index < -0.39 is 0 Å². The Bertz CT molecular complexity index is 181. The maximum Gasteiger partial charge on any atom is 0.00512 e. The van der Waals surface area contributed by atoms with Crippen LogP contribution in [0.3, 0.4) is 0 Å². The van der Waals surface area contributed by atoms with E-state index in [9.17, 15) is 0 Å². The molecule has 2 nitrogen and oxygen atoms in total. The second-order valence-electron chi connectivity index (χ2n) is 4.88. The fourth-order valence-electron chi connectivity index (χ4n) is 2.99. The zero-order valence-corrected chi connectivity index (χ0v) is 8.51. The molecule has 2 heteroatoms. The van der Waals surface area contributed by atoms with Crippen molar-refractivity contribution in [2.75, 3.05) is 39.8 Å². The number of hydrogen-bond acceptors (Lipinski definition) is 2. The summed E-state index contributed by atoms with van der Waals surface area (Å²) in [5.74, 6) is 0.933. The van der Waals surface area contributed by atoms with Crippen LogP contribution in [0.1, 0.15) is 13.8 Å². The Balaban J connectivity index is 2.07. The molecular formula is C10H20N2.